The monoisotopic (exact) mass is 300 g/mol. The van der Waals surface area contributed by atoms with E-state index in [1.807, 2.05) is 25.1 Å². The number of methoxy groups -OCH3 is 1. The van der Waals surface area contributed by atoms with Gasteiger partial charge in [-0.1, -0.05) is 29.8 Å². The van der Waals surface area contributed by atoms with Gasteiger partial charge >= 0.3 is 6.03 Å². The molecule has 1 unspecified atom stereocenters. The van der Waals surface area contributed by atoms with Crippen molar-refractivity contribution >= 4 is 17.6 Å². The Kier molecular flexibility index (Phi) is 7.36. The van der Waals surface area contributed by atoms with Gasteiger partial charge in [0.15, 0.2) is 0 Å². The van der Waals surface area contributed by atoms with Crippen LogP contribution in [0.15, 0.2) is 24.3 Å². The molecular formula is C14H21ClN2O3. The molecule has 0 aromatic heterocycles. The second-order valence-electron chi connectivity index (χ2n) is 4.51. The van der Waals surface area contributed by atoms with E-state index in [-0.39, 0.29) is 24.8 Å². The topological polar surface area (TPSA) is 70.6 Å². The fraction of sp³-hybridized carbons (Fsp3) is 0.500. The van der Waals surface area contributed by atoms with Crippen LogP contribution in [-0.4, -0.2) is 37.4 Å². The van der Waals surface area contributed by atoms with Crippen LogP contribution in [0.4, 0.5) is 4.79 Å². The zero-order chi connectivity index (χ0) is 15.0. The van der Waals surface area contributed by atoms with Gasteiger partial charge in [-0.3, -0.25) is 0 Å². The normalized spacial score (nSPS) is 13.6. The van der Waals surface area contributed by atoms with E-state index in [1.54, 1.807) is 13.2 Å². The summed E-state index contributed by atoms with van der Waals surface area (Å²) in [5, 5.41) is 14.8. The second-order valence-corrected chi connectivity index (χ2v) is 4.92. The number of urea groups is 1. The van der Waals surface area contributed by atoms with Gasteiger partial charge in [0.1, 0.15) is 6.10 Å². The maximum Gasteiger partial charge on any atom is 0.315 e. The highest BCUT2D eigenvalue weighted by molar-refractivity contribution is 6.31. The maximum atomic E-state index is 11.7. The molecule has 0 aliphatic carbocycles. The lowest BCUT2D eigenvalue weighted by molar-refractivity contribution is 0.104. The summed E-state index contributed by atoms with van der Waals surface area (Å²) in [6.45, 7) is 2.19. The third-order valence-corrected chi connectivity index (χ3v) is 3.27. The van der Waals surface area contributed by atoms with Gasteiger partial charge in [-0.25, -0.2) is 4.79 Å². The largest absolute Gasteiger partial charge is 0.396 e. The molecular weight excluding hydrogens is 280 g/mol. The van der Waals surface area contributed by atoms with E-state index >= 15 is 0 Å². The van der Waals surface area contributed by atoms with Gasteiger partial charge in [-0.2, -0.15) is 0 Å². The third-order valence-electron chi connectivity index (χ3n) is 2.92. The van der Waals surface area contributed by atoms with E-state index in [0.29, 0.717) is 18.0 Å². The molecule has 112 valence electrons. The van der Waals surface area contributed by atoms with Crippen molar-refractivity contribution in [1.82, 2.24) is 10.6 Å². The highest BCUT2D eigenvalue weighted by atomic mass is 35.5. The van der Waals surface area contributed by atoms with Gasteiger partial charge in [-0.15, -0.1) is 0 Å². The van der Waals surface area contributed by atoms with Crippen molar-refractivity contribution in [3.63, 3.8) is 0 Å². The van der Waals surface area contributed by atoms with Crippen LogP contribution in [0.25, 0.3) is 0 Å². The Morgan fingerprint density at radius 3 is 2.75 bits per heavy atom. The lowest BCUT2D eigenvalue weighted by Crippen LogP contribution is -2.42. The van der Waals surface area contributed by atoms with E-state index < -0.39 is 0 Å². The van der Waals surface area contributed by atoms with E-state index in [9.17, 15) is 4.79 Å². The summed E-state index contributed by atoms with van der Waals surface area (Å²) in [7, 11) is 1.57. The quantitative estimate of drug-likeness (QED) is 0.722. The number of nitrogens with one attached hydrogen (secondary N) is 2. The van der Waals surface area contributed by atoms with Crippen molar-refractivity contribution in [1.29, 1.82) is 0 Å². The van der Waals surface area contributed by atoms with Crippen molar-refractivity contribution in [3.05, 3.63) is 34.9 Å². The first-order valence-corrected chi connectivity index (χ1v) is 6.88. The highest BCUT2D eigenvalue weighted by Crippen LogP contribution is 2.24. The number of rotatable bonds is 7. The van der Waals surface area contributed by atoms with E-state index in [2.05, 4.69) is 10.6 Å². The molecule has 1 rings (SSSR count). The molecule has 0 fully saturated rings. The van der Waals surface area contributed by atoms with Crippen LogP contribution in [0.5, 0.6) is 0 Å². The zero-order valence-electron chi connectivity index (χ0n) is 11.7. The number of aliphatic hydroxyl groups is 1. The van der Waals surface area contributed by atoms with Crippen molar-refractivity contribution < 1.29 is 14.6 Å². The predicted octanol–water partition coefficient (Wildman–Crippen LogP) is 2.10. The molecule has 0 aliphatic heterocycles. The van der Waals surface area contributed by atoms with Crippen LogP contribution in [0.1, 0.15) is 25.0 Å². The molecule has 0 heterocycles. The first kappa shape index (κ1) is 16.8. The van der Waals surface area contributed by atoms with Gasteiger partial charge in [0.2, 0.25) is 0 Å². The molecule has 20 heavy (non-hydrogen) atoms. The lowest BCUT2D eigenvalue weighted by Gasteiger charge is -2.19. The molecule has 0 radical (unpaired) electrons. The molecule has 0 saturated carbocycles. The van der Waals surface area contributed by atoms with E-state index in [4.69, 9.17) is 21.4 Å². The average molecular weight is 301 g/mol. The Bertz CT molecular complexity index is 429. The van der Waals surface area contributed by atoms with Crippen LogP contribution in [-0.2, 0) is 4.74 Å². The Morgan fingerprint density at radius 2 is 2.15 bits per heavy atom. The smallest absolute Gasteiger partial charge is 0.315 e. The molecule has 2 atom stereocenters. The molecule has 6 heteroatoms. The summed E-state index contributed by atoms with van der Waals surface area (Å²) < 4.78 is 5.35. The van der Waals surface area contributed by atoms with Crippen LogP contribution < -0.4 is 10.6 Å². The predicted molar refractivity (Wildman–Crippen MR) is 78.9 cm³/mol. The number of aliphatic hydroxyl groups excluding tert-OH is 1. The number of halogens is 1. The SMILES string of the molecule is COC(CNC(=O)N[C@H](C)CCO)c1ccccc1Cl. The highest BCUT2D eigenvalue weighted by Gasteiger charge is 2.15. The van der Waals surface area contributed by atoms with Crippen LogP contribution in [0.3, 0.4) is 0 Å². The molecule has 3 N–H and O–H groups in total. The third kappa shape index (κ3) is 5.36. The molecule has 1 aromatic rings. The molecule has 0 spiro atoms. The van der Waals surface area contributed by atoms with Gasteiger partial charge in [0, 0.05) is 36.9 Å². The van der Waals surface area contributed by atoms with Crippen molar-refractivity contribution in [2.45, 2.75) is 25.5 Å². The molecule has 1 aromatic carbocycles. The van der Waals surface area contributed by atoms with Gasteiger partial charge in [0.05, 0.1) is 0 Å². The number of carbonyl (C=O) groups is 1. The van der Waals surface area contributed by atoms with Crippen LogP contribution in [0.2, 0.25) is 5.02 Å². The number of amides is 2. The first-order chi connectivity index (χ1) is 9.58. The van der Waals surface area contributed by atoms with Crippen molar-refractivity contribution in [2.75, 3.05) is 20.3 Å². The van der Waals surface area contributed by atoms with Gasteiger partial charge < -0.3 is 20.5 Å². The summed E-state index contributed by atoms with van der Waals surface area (Å²) >= 11 is 6.10. The fourth-order valence-corrected chi connectivity index (χ4v) is 2.04. The minimum atomic E-state index is -0.303. The molecule has 0 aliphatic rings. The minimum absolute atomic E-state index is 0.0434. The Labute approximate surface area is 124 Å². The maximum absolute atomic E-state index is 11.7. The van der Waals surface area contributed by atoms with E-state index in [0.717, 1.165) is 5.56 Å². The Balaban J connectivity index is 2.50. The Hall–Kier alpha value is -1.30. The average Bonchev–Trinajstić information content (AvgIpc) is 2.41. The van der Waals surface area contributed by atoms with Crippen molar-refractivity contribution in [2.24, 2.45) is 0 Å². The fourth-order valence-electron chi connectivity index (χ4n) is 1.78. The van der Waals surface area contributed by atoms with Gasteiger partial charge in [0.25, 0.3) is 0 Å². The summed E-state index contributed by atoms with van der Waals surface area (Å²) in [6.07, 6.45) is 0.216. The number of carbonyl (C=O) groups excluding carboxylic acids is 1. The Morgan fingerprint density at radius 1 is 1.45 bits per heavy atom. The van der Waals surface area contributed by atoms with Crippen LogP contribution >= 0.6 is 11.6 Å². The number of hydrogen-bond donors (Lipinski definition) is 3. The summed E-state index contributed by atoms with van der Waals surface area (Å²) in [4.78, 5) is 11.7. The first-order valence-electron chi connectivity index (χ1n) is 6.51. The zero-order valence-corrected chi connectivity index (χ0v) is 12.5. The van der Waals surface area contributed by atoms with Crippen molar-refractivity contribution in [3.8, 4) is 0 Å². The number of hydrogen-bond acceptors (Lipinski definition) is 3. The lowest BCUT2D eigenvalue weighted by atomic mass is 10.1. The number of benzene rings is 1. The summed E-state index contributed by atoms with van der Waals surface area (Å²) in [6, 6.07) is 6.99. The number of ether oxygens (including phenoxy) is 1. The van der Waals surface area contributed by atoms with Gasteiger partial charge in [-0.05, 0) is 19.4 Å². The molecule has 0 bridgehead atoms. The summed E-state index contributed by atoms with van der Waals surface area (Å²) in [5.41, 5.74) is 0.834. The molecule has 2 amide bonds. The molecule has 0 saturated heterocycles. The molecule has 5 nitrogen and oxygen atoms in total. The summed E-state index contributed by atoms with van der Waals surface area (Å²) in [5.74, 6) is 0. The van der Waals surface area contributed by atoms with Crippen LogP contribution in [0, 0.1) is 0 Å². The van der Waals surface area contributed by atoms with E-state index in [1.165, 1.54) is 0 Å². The standard InChI is InChI=1S/C14H21ClN2O3/c1-10(7-8-18)17-14(19)16-9-13(20-2)11-5-3-4-6-12(11)15/h3-6,10,13,18H,7-9H2,1-2H3,(H2,16,17,19)/t10-,13?/m1/s1. The minimum Gasteiger partial charge on any atom is -0.396 e. The second kappa shape index (κ2) is 8.79.